The fraction of sp³-hybridized carbons (Fsp3) is 0.238. The van der Waals surface area contributed by atoms with E-state index in [-0.39, 0.29) is 5.57 Å². The molecule has 1 amide bonds. The van der Waals surface area contributed by atoms with Crippen molar-refractivity contribution < 1.29 is 4.79 Å². The van der Waals surface area contributed by atoms with Gasteiger partial charge in [0, 0.05) is 23.5 Å². The molecule has 2 aromatic rings. The summed E-state index contributed by atoms with van der Waals surface area (Å²) in [6.07, 6.45) is 2.19. The van der Waals surface area contributed by atoms with Crippen LogP contribution in [0.3, 0.4) is 0 Å². The Balaban J connectivity index is 1.89. The van der Waals surface area contributed by atoms with Crippen LogP contribution in [-0.2, 0) is 11.2 Å². The molecule has 2 N–H and O–H groups in total. The van der Waals surface area contributed by atoms with Gasteiger partial charge in [0.05, 0.1) is 0 Å². The Bertz CT molecular complexity index is 820. The van der Waals surface area contributed by atoms with Crippen molar-refractivity contribution in [3.05, 3.63) is 76.5 Å². The molecule has 0 radical (unpaired) electrons. The molecular formula is C21H22ClN3O. The Morgan fingerprint density at radius 2 is 1.96 bits per heavy atom. The highest BCUT2D eigenvalue weighted by molar-refractivity contribution is 6.30. The Labute approximate surface area is 159 Å². The summed E-state index contributed by atoms with van der Waals surface area (Å²) in [5.41, 5.74) is 2.98. The summed E-state index contributed by atoms with van der Waals surface area (Å²) in [6.45, 7) is 4.82. The first-order chi connectivity index (χ1) is 12.5. The molecular weight excluding hydrogens is 346 g/mol. The summed E-state index contributed by atoms with van der Waals surface area (Å²) < 4.78 is 0. The topological polar surface area (TPSA) is 64.9 Å². The van der Waals surface area contributed by atoms with E-state index in [1.54, 1.807) is 0 Å². The lowest BCUT2D eigenvalue weighted by Crippen LogP contribution is -2.18. The molecule has 0 heterocycles. The standard InChI is InChI=1S/C21H22ClN3O/c1-15(2)17-6-8-20(9-7-17)25-21(26)18(13-23)14-24-11-10-16-4-3-5-19(22)12-16/h3-9,12,14-15,24H,10-11H2,1-2H3,(H,25,26)/b18-14-. The van der Waals surface area contributed by atoms with Gasteiger partial charge in [-0.15, -0.1) is 0 Å². The molecule has 0 aromatic heterocycles. The number of hydrogen-bond acceptors (Lipinski definition) is 3. The lowest BCUT2D eigenvalue weighted by atomic mass is 10.0. The summed E-state index contributed by atoms with van der Waals surface area (Å²) in [6, 6.07) is 17.1. The van der Waals surface area contributed by atoms with Gasteiger partial charge in [-0.1, -0.05) is 49.7 Å². The Morgan fingerprint density at radius 1 is 1.23 bits per heavy atom. The van der Waals surface area contributed by atoms with Crippen LogP contribution in [0.25, 0.3) is 0 Å². The summed E-state index contributed by atoms with van der Waals surface area (Å²) in [5.74, 6) is -0.00179. The van der Waals surface area contributed by atoms with Crippen molar-refractivity contribution in [2.75, 3.05) is 11.9 Å². The number of nitrogens with one attached hydrogen (secondary N) is 2. The van der Waals surface area contributed by atoms with E-state index in [0.29, 0.717) is 23.2 Å². The van der Waals surface area contributed by atoms with Crippen LogP contribution >= 0.6 is 11.6 Å². The average Bonchev–Trinajstić information content (AvgIpc) is 2.62. The molecule has 0 bridgehead atoms. The molecule has 5 heteroatoms. The van der Waals surface area contributed by atoms with E-state index in [0.717, 1.165) is 12.0 Å². The van der Waals surface area contributed by atoms with Crippen molar-refractivity contribution in [1.29, 1.82) is 5.26 Å². The quantitative estimate of drug-likeness (QED) is 0.425. The van der Waals surface area contributed by atoms with Gasteiger partial charge >= 0.3 is 0 Å². The second-order valence-electron chi connectivity index (χ2n) is 6.23. The summed E-state index contributed by atoms with van der Waals surface area (Å²) >= 11 is 5.95. The van der Waals surface area contributed by atoms with E-state index in [2.05, 4.69) is 24.5 Å². The predicted octanol–water partition coefficient (Wildman–Crippen LogP) is 4.64. The molecule has 26 heavy (non-hydrogen) atoms. The zero-order chi connectivity index (χ0) is 18.9. The Morgan fingerprint density at radius 3 is 2.58 bits per heavy atom. The first kappa shape index (κ1) is 19.6. The van der Waals surface area contributed by atoms with Crippen LogP contribution < -0.4 is 10.6 Å². The van der Waals surface area contributed by atoms with E-state index in [1.807, 2.05) is 54.6 Å². The van der Waals surface area contributed by atoms with E-state index in [4.69, 9.17) is 11.6 Å². The van der Waals surface area contributed by atoms with Gasteiger partial charge in [-0.2, -0.15) is 5.26 Å². The molecule has 4 nitrogen and oxygen atoms in total. The second-order valence-corrected chi connectivity index (χ2v) is 6.67. The maximum atomic E-state index is 12.2. The third-order valence-corrected chi connectivity index (χ3v) is 4.13. The highest BCUT2D eigenvalue weighted by atomic mass is 35.5. The zero-order valence-corrected chi connectivity index (χ0v) is 15.7. The molecule has 134 valence electrons. The summed E-state index contributed by atoms with van der Waals surface area (Å²) in [4.78, 5) is 12.2. The van der Waals surface area contributed by atoms with Crippen LogP contribution in [0.5, 0.6) is 0 Å². The number of amides is 1. The number of carbonyl (C=O) groups is 1. The van der Waals surface area contributed by atoms with E-state index in [1.165, 1.54) is 11.8 Å². The molecule has 0 saturated heterocycles. The monoisotopic (exact) mass is 367 g/mol. The minimum atomic E-state index is -0.431. The smallest absolute Gasteiger partial charge is 0.267 e. The van der Waals surface area contributed by atoms with Crippen LogP contribution in [-0.4, -0.2) is 12.5 Å². The largest absolute Gasteiger partial charge is 0.389 e. The Kier molecular flexibility index (Phi) is 7.25. The van der Waals surface area contributed by atoms with Crippen LogP contribution in [0.4, 0.5) is 5.69 Å². The van der Waals surface area contributed by atoms with Gasteiger partial charge in [-0.25, -0.2) is 0 Å². The molecule has 0 spiro atoms. The lowest BCUT2D eigenvalue weighted by molar-refractivity contribution is -0.112. The predicted molar refractivity (Wildman–Crippen MR) is 106 cm³/mol. The number of nitriles is 1. The van der Waals surface area contributed by atoms with Crippen LogP contribution in [0, 0.1) is 11.3 Å². The van der Waals surface area contributed by atoms with Gasteiger partial charge in [-0.3, -0.25) is 4.79 Å². The minimum Gasteiger partial charge on any atom is -0.389 e. The van der Waals surface area contributed by atoms with Gasteiger partial charge in [0.2, 0.25) is 0 Å². The molecule has 0 aliphatic heterocycles. The van der Waals surface area contributed by atoms with Crippen LogP contribution in [0.1, 0.15) is 30.9 Å². The minimum absolute atomic E-state index is 0.0315. The number of carbonyl (C=O) groups excluding carboxylic acids is 1. The van der Waals surface area contributed by atoms with Crippen molar-refractivity contribution in [2.24, 2.45) is 0 Å². The number of rotatable bonds is 7. The first-order valence-corrected chi connectivity index (χ1v) is 8.87. The summed E-state index contributed by atoms with van der Waals surface area (Å²) in [7, 11) is 0. The maximum Gasteiger partial charge on any atom is 0.267 e. The molecule has 0 unspecified atom stereocenters. The molecule has 0 aliphatic rings. The number of anilines is 1. The van der Waals surface area contributed by atoms with Gasteiger partial charge in [0.1, 0.15) is 11.6 Å². The fourth-order valence-electron chi connectivity index (χ4n) is 2.38. The third kappa shape index (κ3) is 5.94. The van der Waals surface area contributed by atoms with E-state index >= 15 is 0 Å². The first-order valence-electron chi connectivity index (χ1n) is 8.49. The number of nitrogens with zero attached hydrogens (tertiary/aromatic N) is 1. The highest BCUT2D eigenvalue weighted by Crippen LogP contribution is 2.17. The van der Waals surface area contributed by atoms with Crippen LogP contribution in [0.15, 0.2) is 60.3 Å². The molecule has 2 rings (SSSR count). The number of hydrogen-bond donors (Lipinski definition) is 2. The van der Waals surface area contributed by atoms with Crippen molar-refractivity contribution >= 4 is 23.2 Å². The maximum absolute atomic E-state index is 12.2. The van der Waals surface area contributed by atoms with Crippen molar-refractivity contribution in [2.45, 2.75) is 26.2 Å². The van der Waals surface area contributed by atoms with Crippen molar-refractivity contribution in [3.63, 3.8) is 0 Å². The molecule has 2 aromatic carbocycles. The fourth-order valence-corrected chi connectivity index (χ4v) is 2.59. The molecule has 0 saturated carbocycles. The van der Waals surface area contributed by atoms with Crippen molar-refractivity contribution in [1.82, 2.24) is 5.32 Å². The zero-order valence-electron chi connectivity index (χ0n) is 14.9. The SMILES string of the molecule is CC(C)c1ccc(NC(=O)/C(C#N)=C\NCCc2cccc(Cl)c2)cc1. The molecule has 0 aliphatic carbocycles. The van der Waals surface area contributed by atoms with Gasteiger partial charge < -0.3 is 10.6 Å². The number of halogens is 1. The van der Waals surface area contributed by atoms with Crippen molar-refractivity contribution in [3.8, 4) is 6.07 Å². The normalized spacial score (nSPS) is 11.1. The average molecular weight is 368 g/mol. The molecule has 0 fully saturated rings. The second kappa shape index (κ2) is 9.65. The number of benzene rings is 2. The Hall–Kier alpha value is -2.77. The van der Waals surface area contributed by atoms with Gasteiger partial charge in [-0.05, 0) is 47.7 Å². The lowest BCUT2D eigenvalue weighted by Gasteiger charge is -2.08. The van der Waals surface area contributed by atoms with E-state index < -0.39 is 5.91 Å². The van der Waals surface area contributed by atoms with Gasteiger partial charge in [0.15, 0.2) is 0 Å². The molecule has 0 atom stereocenters. The van der Waals surface area contributed by atoms with E-state index in [9.17, 15) is 10.1 Å². The van der Waals surface area contributed by atoms with Gasteiger partial charge in [0.25, 0.3) is 5.91 Å². The van der Waals surface area contributed by atoms with Crippen LogP contribution in [0.2, 0.25) is 5.02 Å². The highest BCUT2D eigenvalue weighted by Gasteiger charge is 2.09. The summed E-state index contributed by atoms with van der Waals surface area (Å²) in [5, 5.41) is 15.6. The third-order valence-electron chi connectivity index (χ3n) is 3.89.